The number of ether oxygens (including phenoxy) is 2. The van der Waals surface area contributed by atoms with Gasteiger partial charge in [-0.1, -0.05) is 30.5 Å². The zero-order valence-electron chi connectivity index (χ0n) is 17.2. The number of nitrogens with zero attached hydrogens (tertiary/aromatic N) is 2. The molecule has 6 nitrogen and oxygen atoms in total. The molecule has 0 spiro atoms. The number of hydrogen-bond acceptors (Lipinski definition) is 5. The third-order valence-electron chi connectivity index (χ3n) is 5.59. The summed E-state index contributed by atoms with van der Waals surface area (Å²) in [6.45, 7) is 0.350. The summed E-state index contributed by atoms with van der Waals surface area (Å²) in [7, 11) is 3.19. The maximum atomic E-state index is 13.3. The van der Waals surface area contributed by atoms with Gasteiger partial charge in [0.25, 0.3) is 0 Å². The highest BCUT2D eigenvalue weighted by molar-refractivity contribution is 6.31. The molecular formula is C23H25ClN2O4. The van der Waals surface area contributed by atoms with Crippen LogP contribution in [-0.2, 0) is 17.8 Å². The average molecular weight is 429 g/mol. The number of amides is 1. The summed E-state index contributed by atoms with van der Waals surface area (Å²) in [4.78, 5) is 19.7. The van der Waals surface area contributed by atoms with Gasteiger partial charge in [-0.3, -0.25) is 4.79 Å². The first-order valence-corrected chi connectivity index (χ1v) is 10.5. The predicted molar refractivity (Wildman–Crippen MR) is 115 cm³/mol. The SMILES string of the molecule is COc1ccc(CC(=O)N(Cc2nc3cc(Cl)ccc3o2)C2CCCC2)cc1OC. The van der Waals surface area contributed by atoms with E-state index < -0.39 is 0 Å². The van der Waals surface area contributed by atoms with Crippen molar-refractivity contribution in [2.75, 3.05) is 14.2 Å². The van der Waals surface area contributed by atoms with Crippen molar-refractivity contribution in [1.82, 2.24) is 9.88 Å². The molecule has 1 fully saturated rings. The van der Waals surface area contributed by atoms with E-state index in [1.165, 1.54) is 0 Å². The van der Waals surface area contributed by atoms with Crippen LogP contribution in [0.1, 0.15) is 37.1 Å². The van der Waals surface area contributed by atoms with E-state index in [4.69, 9.17) is 25.5 Å². The number of carbonyl (C=O) groups is 1. The number of benzene rings is 2. The minimum absolute atomic E-state index is 0.0504. The van der Waals surface area contributed by atoms with Crippen LogP contribution in [-0.4, -0.2) is 36.1 Å². The first-order valence-electron chi connectivity index (χ1n) is 10.1. The normalized spacial score (nSPS) is 14.2. The van der Waals surface area contributed by atoms with Crippen LogP contribution in [0.25, 0.3) is 11.1 Å². The van der Waals surface area contributed by atoms with Crippen LogP contribution in [0.4, 0.5) is 0 Å². The lowest BCUT2D eigenvalue weighted by atomic mass is 10.1. The van der Waals surface area contributed by atoms with Gasteiger partial charge in [-0.05, 0) is 48.7 Å². The standard InChI is InChI=1S/C23H25ClN2O4/c1-28-20-9-7-15(11-21(20)29-2)12-23(27)26(17-5-3-4-6-17)14-22-25-18-13-16(24)8-10-19(18)30-22/h7-11,13,17H,3-6,12,14H2,1-2H3. The van der Waals surface area contributed by atoms with Gasteiger partial charge in [0.2, 0.25) is 11.8 Å². The van der Waals surface area contributed by atoms with Gasteiger partial charge in [0, 0.05) is 11.1 Å². The number of aromatic nitrogens is 1. The average Bonchev–Trinajstić information content (AvgIpc) is 3.41. The summed E-state index contributed by atoms with van der Waals surface area (Å²) in [6, 6.07) is 11.1. The Morgan fingerprint density at radius 3 is 2.63 bits per heavy atom. The summed E-state index contributed by atoms with van der Waals surface area (Å²) >= 11 is 6.06. The van der Waals surface area contributed by atoms with Crippen molar-refractivity contribution in [1.29, 1.82) is 0 Å². The fourth-order valence-corrected chi connectivity index (χ4v) is 4.23. The summed E-state index contributed by atoms with van der Waals surface area (Å²) < 4.78 is 16.5. The van der Waals surface area contributed by atoms with Gasteiger partial charge < -0.3 is 18.8 Å². The molecule has 3 aromatic rings. The van der Waals surface area contributed by atoms with Crippen LogP contribution in [0.2, 0.25) is 5.02 Å². The Hall–Kier alpha value is -2.73. The Kier molecular flexibility index (Phi) is 6.13. The quantitative estimate of drug-likeness (QED) is 0.529. The van der Waals surface area contributed by atoms with Crippen molar-refractivity contribution in [3.05, 3.63) is 52.9 Å². The largest absolute Gasteiger partial charge is 0.493 e. The fourth-order valence-electron chi connectivity index (χ4n) is 4.07. The first-order chi connectivity index (χ1) is 14.6. The lowest BCUT2D eigenvalue weighted by molar-refractivity contribution is -0.133. The molecule has 0 radical (unpaired) electrons. The highest BCUT2D eigenvalue weighted by Gasteiger charge is 2.28. The molecule has 7 heteroatoms. The second-order valence-corrected chi connectivity index (χ2v) is 7.98. The van der Waals surface area contributed by atoms with Crippen LogP contribution in [0.15, 0.2) is 40.8 Å². The third kappa shape index (κ3) is 4.38. The molecule has 0 saturated heterocycles. The van der Waals surface area contributed by atoms with E-state index in [0.29, 0.717) is 40.1 Å². The Bertz CT molecular complexity index is 1040. The number of methoxy groups -OCH3 is 2. The number of fused-ring (bicyclic) bond motifs is 1. The van der Waals surface area contributed by atoms with Crippen molar-refractivity contribution < 1.29 is 18.7 Å². The van der Waals surface area contributed by atoms with E-state index in [9.17, 15) is 4.79 Å². The van der Waals surface area contributed by atoms with E-state index >= 15 is 0 Å². The molecule has 1 heterocycles. The zero-order valence-corrected chi connectivity index (χ0v) is 17.9. The molecule has 0 aliphatic heterocycles. The maximum absolute atomic E-state index is 13.3. The number of oxazole rings is 1. The van der Waals surface area contributed by atoms with E-state index in [1.54, 1.807) is 32.4 Å². The maximum Gasteiger partial charge on any atom is 0.227 e. The Morgan fingerprint density at radius 2 is 1.90 bits per heavy atom. The Balaban J connectivity index is 1.56. The van der Waals surface area contributed by atoms with Gasteiger partial charge in [0.05, 0.1) is 27.2 Å². The predicted octanol–water partition coefficient (Wildman–Crippen LogP) is 5.01. The minimum Gasteiger partial charge on any atom is -0.493 e. The lowest BCUT2D eigenvalue weighted by Crippen LogP contribution is -2.39. The lowest BCUT2D eigenvalue weighted by Gasteiger charge is -2.28. The van der Waals surface area contributed by atoms with Crippen molar-refractivity contribution in [2.45, 2.75) is 44.7 Å². The molecule has 0 atom stereocenters. The summed E-state index contributed by atoms with van der Waals surface area (Å²) in [6.07, 6.45) is 4.55. The monoisotopic (exact) mass is 428 g/mol. The molecule has 0 unspecified atom stereocenters. The first kappa shape index (κ1) is 20.5. The van der Waals surface area contributed by atoms with Gasteiger partial charge in [-0.25, -0.2) is 4.98 Å². The summed E-state index contributed by atoms with van der Waals surface area (Å²) in [5, 5.41) is 0.611. The van der Waals surface area contributed by atoms with Gasteiger partial charge >= 0.3 is 0 Å². The summed E-state index contributed by atoms with van der Waals surface area (Å²) in [5.41, 5.74) is 2.26. The van der Waals surface area contributed by atoms with E-state index in [0.717, 1.165) is 31.2 Å². The highest BCUT2D eigenvalue weighted by Crippen LogP contribution is 2.30. The molecule has 30 heavy (non-hydrogen) atoms. The van der Waals surface area contributed by atoms with Crippen LogP contribution >= 0.6 is 11.6 Å². The Morgan fingerprint density at radius 1 is 1.13 bits per heavy atom. The van der Waals surface area contributed by atoms with Crippen LogP contribution in [0.5, 0.6) is 11.5 Å². The van der Waals surface area contributed by atoms with Gasteiger partial charge in [0.1, 0.15) is 5.52 Å². The van der Waals surface area contributed by atoms with E-state index in [2.05, 4.69) is 4.98 Å². The van der Waals surface area contributed by atoms with Crippen LogP contribution < -0.4 is 9.47 Å². The van der Waals surface area contributed by atoms with E-state index in [-0.39, 0.29) is 18.4 Å². The fraction of sp³-hybridized carbons (Fsp3) is 0.391. The molecule has 0 N–H and O–H groups in total. The van der Waals surface area contributed by atoms with Gasteiger partial charge in [0.15, 0.2) is 17.1 Å². The van der Waals surface area contributed by atoms with Gasteiger partial charge in [-0.2, -0.15) is 0 Å². The number of carbonyl (C=O) groups excluding carboxylic acids is 1. The second kappa shape index (κ2) is 8.96. The van der Waals surface area contributed by atoms with Crippen molar-refractivity contribution in [3.8, 4) is 11.5 Å². The molecule has 158 valence electrons. The molecule has 1 saturated carbocycles. The molecule has 1 amide bonds. The Labute approximate surface area is 180 Å². The molecule has 4 rings (SSSR count). The molecule has 0 bridgehead atoms. The second-order valence-electron chi connectivity index (χ2n) is 7.55. The van der Waals surface area contributed by atoms with Crippen molar-refractivity contribution in [3.63, 3.8) is 0 Å². The third-order valence-corrected chi connectivity index (χ3v) is 5.82. The summed E-state index contributed by atoms with van der Waals surface area (Å²) in [5.74, 6) is 1.84. The van der Waals surface area contributed by atoms with E-state index in [1.807, 2.05) is 23.1 Å². The highest BCUT2D eigenvalue weighted by atomic mass is 35.5. The van der Waals surface area contributed by atoms with Crippen LogP contribution in [0, 0.1) is 0 Å². The topological polar surface area (TPSA) is 64.8 Å². The smallest absolute Gasteiger partial charge is 0.227 e. The molecule has 1 aromatic heterocycles. The minimum atomic E-state index is 0.0504. The molecular weight excluding hydrogens is 404 g/mol. The molecule has 2 aromatic carbocycles. The van der Waals surface area contributed by atoms with Crippen molar-refractivity contribution in [2.24, 2.45) is 0 Å². The molecule has 1 aliphatic carbocycles. The zero-order chi connectivity index (χ0) is 21.1. The van der Waals surface area contributed by atoms with Crippen LogP contribution in [0.3, 0.4) is 0 Å². The van der Waals surface area contributed by atoms with Gasteiger partial charge in [-0.15, -0.1) is 0 Å². The number of rotatable bonds is 7. The molecule has 1 aliphatic rings. The number of hydrogen-bond donors (Lipinski definition) is 0. The number of halogens is 1. The van der Waals surface area contributed by atoms with Crippen molar-refractivity contribution >= 4 is 28.6 Å².